The number of unbranched alkanes of at least 4 members (excludes halogenated alkanes) is 2. The van der Waals surface area contributed by atoms with Crippen LogP contribution in [-0.2, 0) is 17.1 Å². The van der Waals surface area contributed by atoms with E-state index in [9.17, 15) is 0 Å². The highest BCUT2D eigenvalue weighted by atomic mass is 79.9. The van der Waals surface area contributed by atoms with E-state index in [1.54, 1.807) is 0 Å². The minimum Gasteiger partial charge on any atom is -0.247 e. The molecule has 3 heteroatoms. The smallest absolute Gasteiger partial charge is 0.0753 e. The summed E-state index contributed by atoms with van der Waals surface area (Å²) in [4.78, 5) is 5.05. The van der Waals surface area contributed by atoms with Crippen LogP contribution >= 0.6 is 31.9 Å². The third kappa shape index (κ3) is 3.32. The van der Waals surface area contributed by atoms with Crippen LogP contribution in [0.25, 0.3) is 21.8 Å². The molecule has 0 amide bonds. The minimum absolute atomic E-state index is 0.841. The number of hydrogen-bond donors (Lipinski definition) is 0. The van der Waals surface area contributed by atoms with Gasteiger partial charge < -0.3 is 0 Å². The van der Waals surface area contributed by atoms with E-state index in [1.165, 1.54) is 46.7 Å². The quantitative estimate of drug-likeness (QED) is 0.233. The maximum Gasteiger partial charge on any atom is 0.0753 e. The van der Waals surface area contributed by atoms with Gasteiger partial charge >= 0.3 is 0 Å². The van der Waals surface area contributed by atoms with Crippen molar-refractivity contribution in [2.75, 3.05) is 0 Å². The second-order valence-electron chi connectivity index (χ2n) is 5.94. The average molecular weight is 435 g/mol. The predicted molar refractivity (Wildman–Crippen MR) is 108 cm³/mol. The SMILES string of the molecule is CCCCCc1c2cccc(CBr)c2nc2c(CBr)cccc12. The van der Waals surface area contributed by atoms with Gasteiger partial charge in [0, 0.05) is 21.4 Å². The first-order valence-corrected chi connectivity index (χ1v) is 10.5. The number of alkyl halides is 2. The predicted octanol–water partition coefficient (Wildman–Crippen LogP) is 6.91. The fourth-order valence-electron chi connectivity index (χ4n) is 3.23. The van der Waals surface area contributed by atoms with Crippen LogP contribution in [0.1, 0.15) is 42.9 Å². The topological polar surface area (TPSA) is 12.9 Å². The Balaban J connectivity index is 2.32. The lowest BCUT2D eigenvalue weighted by atomic mass is 9.95. The van der Waals surface area contributed by atoms with Gasteiger partial charge in [0.05, 0.1) is 11.0 Å². The molecule has 0 N–H and O–H groups in total. The van der Waals surface area contributed by atoms with Gasteiger partial charge in [-0.2, -0.15) is 0 Å². The van der Waals surface area contributed by atoms with Crippen LogP contribution in [0.3, 0.4) is 0 Å². The van der Waals surface area contributed by atoms with Gasteiger partial charge in [0.1, 0.15) is 0 Å². The molecule has 0 radical (unpaired) electrons. The number of hydrogen-bond acceptors (Lipinski definition) is 1. The Labute approximate surface area is 154 Å². The van der Waals surface area contributed by atoms with Crippen molar-refractivity contribution in [2.45, 2.75) is 43.3 Å². The first-order chi connectivity index (χ1) is 11.3. The number of rotatable bonds is 6. The Morgan fingerprint density at radius 1 is 0.826 bits per heavy atom. The summed E-state index contributed by atoms with van der Waals surface area (Å²) in [6, 6.07) is 13.1. The van der Waals surface area contributed by atoms with Gasteiger partial charge in [0.25, 0.3) is 0 Å². The van der Waals surface area contributed by atoms with E-state index >= 15 is 0 Å². The molecule has 0 fully saturated rings. The van der Waals surface area contributed by atoms with Crippen LogP contribution in [0.4, 0.5) is 0 Å². The molecule has 0 aliphatic rings. The fraction of sp³-hybridized carbons (Fsp3) is 0.350. The van der Waals surface area contributed by atoms with Gasteiger partial charge in [-0.15, -0.1) is 0 Å². The number of aryl methyl sites for hydroxylation is 1. The van der Waals surface area contributed by atoms with E-state index in [-0.39, 0.29) is 0 Å². The summed E-state index contributed by atoms with van der Waals surface area (Å²) in [6.45, 7) is 2.26. The summed E-state index contributed by atoms with van der Waals surface area (Å²) in [5, 5.41) is 4.32. The first kappa shape index (κ1) is 16.9. The lowest BCUT2D eigenvalue weighted by Gasteiger charge is -2.14. The van der Waals surface area contributed by atoms with Gasteiger partial charge in [0.15, 0.2) is 0 Å². The largest absolute Gasteiger partial charge is 0.247 e. The van der Waals surface area contributed by atoms with E-state index in [0.29, 0.717) is 0 Å². The first-order valence-electron chi connectivity index (χ1n) is 8.24. The van der Waals surface area contributed by atoms with E-state index in [2.05, 4.69) is 75.2 Å². The summed E-state index contributed by atoms with van der Waals surface area (Å²) in [5.41, 5.74) is 6.30. The molecule has 0 aliphatic carbocycles. The highest BCUT2D eigenvalue weighted by Crippen LogP contribution is 2.32. The molecule has 1 aromatic heterocycles. The Morgan fingerprint density at radius 2 is 1.39 bits per heavy atom. The molecular weight excluding hydrogens is 414 g/mol. The standard InChI is InChI=1S/C20H21Br2N/c1-2-3-4-9-16-17-10-5-7-14(12-21)19(17)23-20-15(13-22)8-6-11-18(16)20/h5-8,10-11H,2-4,9,12-13H2,1H3. The number of fused-ring (bicyclic) bond motifs is 2. The van der Waals surface area contributed by atoms with Gasteiger partial charge in [-0.1, -0.05) is 88.0 Å². The minimum atomic E-state index is 0.841. The van der Waals surface area contributed by atoms with Gasteiger partial charge in [-0.3, -0.25) is 0 Å². The molecule has 0 aliphatic heterocycles. The summed E-state index contributed by atoms with van der Waals surface area (Å²) in [7, 11) is 0. The van der Waals surface area contributed by atoms with Crippen molar-refractivity contribution < 1.29 is 0 Å². The van der Waals surface area contributed by atoms with Crippen molar-refractivity contribution in [3.05, 3.63) is 53.1 Å². The van der Waals surface area contributed by atoms with Gasteiger partial charge in [0.2, 0.25) is 0 Å². The number of benzene rings is 2. The zero-order valence-corrected chi connectivity index (χ0v) is 16.6. The molecular formula is C20H21Br2N. The maximum absolute atomic E-state index is 5.05. The maximum atomic E-state index is 5.05. The van der Waals surface area contributed by atoms with Crippen LogP contribution in [-0.4, -0.2) is 4.98 Å². The Bertz CT molecular complexity index is 765. The summed E-state index contributed by atoms with van der Waals surface area (Å²) in [5.74, 6) is 0. The fourth-order valence-corrected chi connectivity index (χ4v) is 4.13. The molecule has 0 atom stereocenters. The number of halogens is 2. The molecule has 0 unspecified atom stereocenters. The van der Waals surface area contributed by atoms with Crippen molar-refractivity contribution in [1.82, 2.24) is 4.98 Å². The molecule has 23 heavy (non-hydrogen) atoms. The molecule has 3 aromatic rings. The van der Waals surface area contributed by atoms with Crippen molar-refractivity contribution >= 4 is 53.7 Å². The van der Waals surface area contributed by atoms with Crippen LogP contribution in [0, 0.1) is 0 Å². The summed E-state index contributed by atoms with van der Waals surface area (Å²) < 4.78 is 0. The zero-order chi connectivity index (χ0) is 16.2. The van der Waals surface area contributed by atoms with Crippen molar-refractivity contribution in [2.24, 2.45) is 0 Å². The van der Waals surface area contributed by atoms with Gasteiger partial charge in [-0.05, 0) is 29.5 Å². The zero-order valence-electron chi connectivity index (χ0n) is 13.4. The molecule has 1 nitrogen and oxygen atoms in total. The normalized spacial score (nSPS) is 11.4. The number of aromatic nitrogens is 1. The molecule has 3 rings (SSSR count). The van der Waals surface area contributed by atoms with Crippen LogP contribution in [0.15, 0.2) is 36.4 Å². The van der Waals surface area contributed by atoms with Crippen LogP contribution < -0.4 is 0 Å². The number of nitrogens with zero attached hydrogens (tertiary/aromatic N) is 1. The summed E-state index contributed by atoms with van der Waals surface area (Å²) >= 11 is 7.23. The van der Waals surface area contributed by atoms with Crippen molar-refractivity contribution in [3.63, 3.8) is 0 Å². The molecule has 120 valence electrons. The van der Waals surface area contributed by atoms with Crippen LogP contribution in [0.5, 0.6) is 0 Å². The van der Waals surface area contributed by atoms with E-state index < -0.39 is 0 Å². The lowest BCUT2D eigenvalue weighted by Crippen LogP contribution is -1.98. The Kier molecular flexibility index (Phi) is 5.71. The Hall–Kier alpha value is -0.930. The monoisotopic (exact) mass is 433 g/mol. The van der Waals surface area contributed by atoms with E-state index in [4.69, 9.17) is 4.98 Å². The molecule has 1 heterocycles. The molecule has 2 aromatic carbocycles. The van der Waals surface area contributed by atoms with Crippen molar-refractivity contribution in [3.8, 4) is 0 Å². The van der Waals surface area contributed by atoms with E-state index in [0.717, 1.165) is 28.1 Å². The third-order valence-electron chi connectivity index (χ3n) is 4.43. The average Bonchev–Trinajstić information content (AvgIpc) is 2.60. The second-order valence-corrected chi connectivity index (χ2v) is 7.06. The van der Waals surface area contributed by atoms with Crippen LogP contribution in [0.2, 0.25) is 0 Å². The molecule has 0 saturated heterocycles. The third-order valence-corrected chi connectivity index (χ3v) is 5.64. The highest BCUT2D eigenvalue weighted by molar-refractivity contribution is 9.08. The second kappa shape index (κ2) is 7.76. The van der Waals surface area contributed by atoms with E-state index in [1.807, 2.05) is 0 Å². The summed E-state index contributed by atoms with van der Waals surface area (Å²) in [6.07, 6.45) is 4.89. The Morgan fingerprint density at radius 3 is 1.87 bits per heavy atom. The van der Waals surface area contributed by atoms with Gasteiger partial charge in [-0.25, -0.2) is 4.98 Å². The van der Waals surface area contributed by atoms with Crippen molar-refractivity contribution in [1.29, 1.82) is 0 Å². The molecule has 0 spiro atoms. The number of para-hydroxylation sites is 2. The molecule has 0 saturated carbocycles. The highest BCUT2D eigenvalue weighted by Gasteiger charge is 2.13. The molecule has 0 bridgehead atoms. The lowest BCUT2D eigenvalue weighted by molar-refractivity contribution is 0.721. The number of pyridine rings is 1.